The number of fused-ring (bicyclic) bond motifs is 7. The molecule has 14 aromatic carbocycles. The van der Waals surface area contributed by atoms with Crippen LogP contribution in [0.3, 0.4) is 0 Å². The van der Waals surface area contributed by atoms with Gasteiger partial charge in [0, 0.05) is 45.0 Å². The Balaban J connectivity index is 0.773. The summed E-state index contributed by atoms with van der Waals surface area (Å²) in [4.78, 5) is 4.81. The summed E-state index contributed by atoms with van der Waals surface area (Å²) in [6, 6.07) is 122. The predicted molar refractivity (Wildman–Crippen MR) is 430 cm³/mol. The van der Waals surface area contributed by atoms with Gasteiger partial charge in [0.05, 0.1) is 12.0 Å². The normalized spacial score (nSPS) is 14.9. The number of rotatable bonds is 17. The van der Waals surface area contributed by atoms with Gasteiger partial charge in [-0.15, -0.1) is 0 Å². The maximum absolute atomic E-state index is 9.84. The number of anilines is 6. The molecule has 3 aliphatic rings. The predicted octanol–water partition coefficient (Wildman–Crippen LogP) is 26.1. The van der Waals surface area contributed by atoms with Gasteiger partial charge in [0.2, 0.25) is 0 Å². The van der Waals surface area contributed by atoms with E-state index in [9.17, 15) is 5.11 Å². The summed E-state index contributed by atoms with van der Waals surface area (Å²) >= 11 is 0. The number of hydrogen-bond donors (Lipinski definition) is 1. The van der Waals surface area contributed by atoms with Gasteiger partial charge in [-0.3, -0.25) is 0 Å². The molecule has 1 N–H and O–H groups in total. The van der Waals surface area contributed by atoms with Gasteiger partial charge in [-0.25, -0.2) is 0 Å². The molecular formula is C99H78N2O2. The Labute approximate surface area is 605 Å². The number of ether oxygens (including phenoxy) is 1. The molecule has 17 rings (SSSR count). The van der Waals surface area contributed by atoms with Gasteiger partial charge in [-0.2, -0.15) is 0 Å². The first-order valence-corrected chi connectivity index (χ1v) is 35.7. The van der Waals surface area contributed by atoms with Crippen molar-refractivity contribution in [3.8, 4) is 78.3 Å². The van der Waals surface area contributed by atoms with Crippen LogP contribution in [-0.2, 0) is 22.9 Å². The van der Waals surface area contributed by atoms with E-state index in [0.29, 0.717) is 5.75 Å². The molecule has 496 valence electrons. The first-order chi connectivity index (χ1) is 50.4. The monoisotopic (exact) mass is 1330 g/mol. The van der Waals surface area contributed by atoms with Gasteiger partial charge in [-0.05, 0) is 239 Å². The van der Waals surface area contributed by atoms with Crippen LogP contribution in [0.1, 0.15) is 84.7 Å². The summed E-state index contributed by atoms with van der Waals surface area (Å²) in [7, 11) is 0. The molecule has 0 aromatic heterocycles. The summed E-state index contributed by atoms with van der Waals surface area (Å²) in [6.45, 7) is 15.6. The molecule has 0 heterocycles. The van der Waals surface area contributed by atoms with Crippen molar-refractivity contribution in [3.63, 3.8) is 0 Å². The zero-order valence-electron chi connectivity index (χ0n) is 58.7. The van der Waals surface area contributed by atoms with Gasteiger partial charge in [0.15, 0.2) is 0 Å². The van der Waals surface area contributed by atoms with Crippen LogP contribution in [0.2, 0.25) is 0 Å². The van der Waals surface area contributed by atoms with Crippen molar-refractivity contribution in [1.29, 1.82) is 0 Å². The van der Waals surface area contributed by atoms with E-state index >= 15 is 0 Å². The van der Waals surface area contributed by atoms with Gasteiger partial charge < -0.3 is 19.6 Å². The van der Waals surface area contributed by atoms with Gasteiger partial charge in [0.1, 0.15) is 11.5 Å². The Bertz CT molecular complexity index is 5600. The molecular weight excluding hydrogens is 1250 g/mol. The lowest BCUT2D eigenvalue weighted by Gasteiger charge is -2.34. The van der Waals surface area contributed by atoms with Gasteiger partial charge in [-0.1, -0.05) is 283 Å². The van der Waals surface area contributed by atoms with E-state index in [1.807, 2.05) is 36.4 Å². The Morgan fingerprint density at radius 1 is 0.330 bits per heavy atom. The third-order valence-electron chi connectivity index (χ3n) is 22.1. The van der Waals surface area contributed by atoms with E-state index in [1.165, 1.54) is 94.6 Å². The minimum absolute atomic E-state index is 0.0280. The van der Waals surface area contributed by atoms with E-state index in [2.05, 4.69) is 366 Å². The third kappa shape index (κ3) is 11.1. The van der Waals surface area contributed by atoms with Crippen LogP contribution < -0.4 is 14.5 Å². The topological polar surface area (TPSA) is 35.9 Å². The van der Waals surface area contributed by atoms with E-state index in [1.54, 1.807) is 0 Å². The maximum Gasteiger partial charge on any atom is 0.127 e. The van der Waals surface area contributed by atoms with Gasteiger partial charge >= 0.3 is 0 Å². The molecule has 0 spiro atoms. The largest absolute Gasteiger partial charge is 0.457 e. The van der Waals surface area contributed by atoms with Crippen molar-refractivity contribution in [3.05, 3.63) is 414 Å². The molecule has 0 bridgehead atoms. The number of aliphatic hydroxyl groups is 1. The van der Waals surface area contributed by atoms with Crippen LogP contribution in [0.25, 0.3) is 72.3 Å². The first-order valence-electron chi connectivity index (χ1n) is 35.7. The smallest absolute Gasteiger partial charge is 0.127 e. The number of benzene rings is 14. The van der Waals surface area contributed by atoms with Gasteiger partial charge in [0.25, 0.3) is 0 Å². The van der Waals surface area contributed by atoms with Crippen molar-refractivity contribution in [1.82, 2.24) is 0 Å². The third-order valence-corrected chi connectivity index (χ3v) is 22.1. The van der Waals surface area contributed by atoms with E-state index < -0.39 is 5.41 Å². The summed E-state index contributed by atoms with van der Waals surface area (Å²) in [5.41, 5.74) is 33.0. The van der Waals surface area contributed by atoms with Crippen molar-refractivity contribution >= 4 is 39.7 Å². The molecule has 0 aliphatic heterocycles. The highest BCUT2D eigenvalue weighted by molar-refractivity contribution is 5.93. The molecule has 4 heteroatoms. The van der Waals surface area contributed by atoms with Crippen LogP contribution in [0, 0.1) is 0 Å². The highest BCUT2D eigenvalue weighted by Gasteiger charge is 2.47. The lowest BCUT2D eigenvalue weighted by molar-refractivity contribution is 0.281. The second-order valence-corrected chi connectivity index (χ2v) is 28.5. The summed E-state index contributed by atoms with van der Waals surface area (Å²) in [6.07, 6.45) is 6.11. The molecule has 4 nitrogen and oxygen atoms in total. The Morgan fingerprint density at radius 2 is 0.689 bits per heavy atom. The number of allylic oxidation sites excluding steroid dienone is 5. The fourth-order valence-corrected chi connectivity index (χ4v) is 16.5. The maximum atomic E-state index is 9.84. The molecule has 0 radical (unpaired) electrons. The molecule has 1 unspecified atom stereocenters. The number of aliphatic hydroxyl groups excluding tert-OH is 1. The number of hydrogen-bond acceptors (Lipinski definition) is 4. The molecule has 1 atom stereocenters. The van der Waals surface area contributed by atoms with Crippen molar-refractivity contribution in [2.45, 2.75) is 57.5 Å². The van der Waals surface area contributed by atoms with E-state index in [-0.39, 0.29) is 17.4 Å². The lowest BCUT2D eigenvalue weighted by Crippen LogP contribution is -2.28. The second kappa shape index (κ2) is 26.0. The Morgan fingerprint density at radius 3 is 1.17 bits per heavy atom. The SMILES string of the molecule is C=C/C=C\C1=C(C)C(C)(C)c2cc(N(c3ccc(-c4ccccc4)cc3)c3ccc(-c4ccc5c(c4)C(c4ccccc4)(c4ccc(Oc6ccc(CO)cc6)cc4)c4cc(-c6ccc(N(c7ccc(-c8ccccc8)cc7)c7ccc8c(c7)C(C)(C)c7ccccc7-8)cc6)ccc4-5)cc3)ccc21. The van der Waals surface area contributed by atoms with Crippen LogP contribution in [0.4, 0.5) is 34.1 Å². The molecule has 0 fully saturated rings. The fraction of sp³-hybridized carbons (Fsp3) is 0.0909. The fourth-order valence-electron chi connectivity index (χ4n) is 16.5. The molecule has 14 aromatic rings. The average Bonchev–Trinajstić information content (AvgIpc) is 1.55. The summed E-state index contributed by atoms with van der Waals surface area (Å²) in [5.74, 6) is 1.43. The molecule has 0 saturated heterocycles. The van der Waals surface area contributed by atoms with Crippen LogP contribution in [0.15, 0.2) is 364 Å². The van der Waals surface area contributed by atoms with E-state index in [4.69, 9.17) is 4.74 Å². The lowest BCUT2D eigenvalue weighted by atomic mass is 9.67. The zero-order valence-corrected chi connectivity index (χ0v) is 58.7. The Kier molecular flexibility index (Phi) is 16.2. The van der Waals surface area contributed by atoms with Crippen molar-refractivity contribution in [2.75, 3.05) is 9.80 Å². The second-order valence-electron chi connectivity index (χ2n) is 28.5. The van der Waals surface area contributed by atoms with Crippen molar-refractivity contribution < 1.29 is 9.84 Å². The quantitative estimate of drug-likeness (QED) is 0.0922. The van der Waals surface area contributed by atoms with Crippen molar-refractivity contribution in [2.24, 2.45) is 0 Å². The molecule has 103 heavy (non-hydrogen) atoms. The number of nitrogens with zero attached hydrogens (tertiary/aromatic N) is 2. The van der Waals surface area contributed by atoms with Crippen LogP contribution >= 0.6 is 0 Å². The summed E-state index contributed by atoms with van der Waals surface area (Å²) in [5, 5.41) is 9.84. The van der Waals surface area contributed by atoms with Crippen LogP contribution in [0.5, 0.6) is 11.5 Å². The van der Waals surface area contributed by atoms with E-state index in [0.717, 1.165) is 73.3 Å². The minimum Gasteiger partial charge on any atom is -0.457 e. The molecule has 3 aliphatic carbocycles. The first kappa shape index (κ1) is 64.1. The minimum atomic E-state index is -0.762. The summed E-state index contributed by atoms with van der Waals surface area (Å²) < 4.78 is 6.54. The Hall–Kier alpha value is -12.3. The highest BCUT2D eigenvalue weighted by Crippen LogP contribution is 2.59. The molecule has 0 amide bonds. The zero-order chi connectivity index (χ0) is 70.0. The standard InChI is InChI=1S/C99H78N2O2/c1-7-8-26-86-66(2)97(3,4)93-63-82(51-59-88(86)93)100(78-43-31-70(32-44-78)68-20-12-9-13-21-68)80-47-35-72(36-48-80)74-39-57-90-91-58-40-75(62-96(91)99(95(90)61-74,76-24-16-11-17-25-76)77-41-55-85(56-42-77)103-84-53-29-67(65-102)30-54-84)73-37-49-81(50-38-73)101(79-45-33-71(34-46-79)69-22-14-10-15-23-69)83-52-60-89-87-27-18-19-28-92(87)98(5,6)94(89)64-83/h7-64,102H,1,65H2,2-6H3/b26-8-. The highest BCUT2D eigenvalue weighted by atomic mass is 16.5. The van der Waals surface area contributed by atoms with Crippen LogP contribution in [-0.4, -0.2) is 5.11 Å². The average molecular weight is 1330 g/mol. The molecule has 0 saturated carbocycles.